The van der Waals surface area contributed by atoms with Crippen LogP contribution < -0.4 is 0 Å². The van der Waals surface area contributed by atoms with Gasteiger partial charge in [0.2, 0.25) is 0 Å². The van der Waals surface area contributed by atoms with Crippen LogP contribution in [0.4, 0.5) is 0 Å². The minimum absolute atomic E-state index is 0.557. The third kappa shape index (κ3) is 2.52. The Morgan fingerprint density at radius 1 is 1.00 bits per heavy atom. The van der Waals surface area contributed by atoms with Crippen LogP contribution in [0.5, 0.6) is 0 Å². The third-order valence-corrected chi connectivity index (χ3v) is 3.62. The largest absolute Gasteiger partial charge is 0.381 e. The first-order valence-corrected chi connectivity index (χ1v) is 6.26. The molecule has 96 valence electrons. The van der Waals surface area contributed by atoms with Crippen LogP contribution >= 0.6 is 0 Å². The lowest BCUT2D eigenvalue weighted by atomic mass is 9.86. The number of aliphatic hydroxyl groups is 1. The van der Waals surface area contributed by atoms with Gasteiger partial charge in [-0.3, -0.25) is 0 Å². The van der Waals surface area contributed by atoms with E-state index in [-0.39, 0.29) is 0 Å². The average molecular weight is 251 g/mol. The van der Waals surface area contributed by atoms with E-state index in [1.807, 2.05) is 38.1 Å². The van der Waals surface area contributed by atoms with Crippen LogP contribution in [-0.4, -0.2) is 5.11 Å². The second-order valence-electron chi connectivity index (χ2n) is 5.06. The lowest BCUT2D eigenvalue weighted by Crippen LogP contribution is -2.23. The van der Waals surface area contributed by atoms with Gasteiger partial charge in [0.1, 0.15) is 5.60 Å². The molecule has 0 saturated heterocycles. The Bertz CT molecular complexity index is 651. The number of hydrogen-bond acceptors (Lipinski definition) is 2. The number of hydrogen-bond donors (Lipinski definition) is 1. The Labute approximate surface area is 114 Å². The first-order valence-electron chi connectivity index (χ1n) is 6.26. The molecule has 19 heavy (non-hydrogen) atoms. The van der Waals surface area contributed by atoms with Gasteiger partial charge in [0, 0.05) is 0 Å². The lowest BCUT2D eigenvalue weighted by Gasteiger charge is -2.25. The van der Waals surface area contributed by atoms with E-state index in [9.17, 15) is 5.11 Å². The minimum Gasteiger partial charge on any atom is -0.381 e. The molecular weight excluding hydrogens is 234 g/mol. The van der Waals surface area contributed by atoms with Gasteiger partial charge in [-0.15, -0.1) is 0 Å². The molecule has 2 aromatic rings. The molecular formula is C17H17NO. The Morgan fingerprint density at radius 3 is 2.32 bits per heavy atom. The first kappa shape index (κ1) is 13.3. The molecule has 0 spiro atoms. The summed E-state index contributed by atoms with van der Waals surface area (Å²) in [4.78, 5) is 0. The zero-order chi connectivity index (χ0) is 14.0. The first-order chi connectivity index (χ1) is 8.95. The molecule has 0 aliphatic carbocycles. The van der Waals surface area contributed by atoms with Crippen LogP contribution in [0.15, 0.2) is 42.5 Å². The molecule has 0 aromatic heterocycles. The van der Waals surface area contributed by atoms with Crippen molar-refractivity contribution in [1.29, 1.82) is 5.26 Å². The van der Waals surface area contributed by atoms with Crippen molar-refractivity contribution >= 4 is 0 Å². The Balaban J connectivity index is 2.51. The fourth-order valence-electron chi connectivity index (χ4n) is 2.10. The van der Waals surface area contributed by atoms with Crippen LogP contribution in [0.3, 0.4) is 0 Å². The van der Waals surface area contributed by atoms with Crippen molar-refractivity contribution in [2.24, 2.45) is 0 Å². The van der Waals surface area contributed by atoms with Gasteiger partial charge in [-0.1, -0.05) is 30.3 Å². The molecule has 2 rings (SSSR count). The van der Waals surface area contributed by atoms with Crippen molar-refractivity contribution in [3.05, 3.63) is 70.3 Å². The number of nitrogens with zero attached hydrogens (tertiary/aromatic N) is 1. The van der Waals surface area contributed by atoms with E-state index in [1.165, 1.54) is 5.56 Å². The van der Waals surface area contributed by atoms with E-state index in [0.29, 0.717) is 5.56 Å². The molecule has 1 unspecified atom stereocenters. The second kappa shape index (κ2) is 4.87. The highest BCUT2D eigenvalue weighted by Gasteiger charge is 2.26. The Kier molecular flexibility index (Phi) is 3.42. The standard InChI is InChI=1S/C17H17NO/c1-12-7-8-16(9-13(12)2)17(3,19)15-6-4-5-14(10-15)11-18/h4-10,19H,1-3H3. The Hall–Kier alpha value is -2.11. The molecule has 2 nitrogen and oxygen atoms in total. The van der Waals surface area contributed by atoms with Crippen LogP contribution in [0, 0.1) is 25.2 Å². The van der Waals surface area contributed by atoms with E-state index in [0.717, 1.165) is 16.7 Å². The van der Waals surface area contributed by atoms with Gasteiger partial charge >= 0.3 is 0 Å². The van der Waals surface area contributed by atoms with E-state index >= 15 is 0 Å². The van der Waals surface area contributed by atoms with Gasteiger partial charge in [0.05, 0.1) is 11.6 Å². The smallest absolute Gasteiger partial charge is 0.112 e. The van der Waals surface area contributed by atoms with Crippen LogP contribution in [-0.2, 0) is 5.60 Å². The van der Waals surface area contributed by atoms with Gasteiger partial charge < -0.3 is 5.11 Å². The van der Waals surface area contributed by atoms with E-state index in [4.69, 9.17) is 5.26 Å². The van der Waals surface area contributed by atoms with Crippen molar-refractivity contribution in [2.75, 3.05) is 0 Å². The summed E-state index contributed by atoms with van der Waals surface area (Å²) in [7, 11) is 0. The SMILES string of the molecule is Cc1ccc(C(C)(O)c2cccc(C#N)c2)cc1C. The maximum absolute atomic E-state index is 10.8. The van der Waals surface area contributed by atoms with Crippen LogP contribution in [0.2, 0.25) is 0 Å². The number of nitriles is 1. The Morgan fingerprint density at radius 2 is 1.68 bits per heavy atom. The van der Waals surface area contributed by atoms with Crippen molar-refractivity contribution in [1.82, 2.24) is 0 Å². The highest BCUT2D eigenvalue weighted by atomic mass is 16.3. The van der Waals surface area contributed by atoms with Gasteiger partial charge in [0.25, 0.3) is 0 Å². The summed E-state index contributed by atoms with van der Waals surface area (Å²) in [6.07, 6.45) is 0. The molecule has 0 aliphatic heterocycles. The molecule has 0 heterocycles. The summed E-state index contributed by atoms with van der Waals surface area (Å²) < 4.78 is 0. The molecule has 0 fully saturated rings. The summed E-state index contributed by atoms with van der Waals surface area (Å²) in [5, 5.41) is 19.7. The topological polar surface area (TPSA) is 44.0 Å². The molecule has 0 bridgehead atoms. The predicted molar refractivity (Wildman–Crippen MR) is 75.7 cm³/mol. The molecule has 0 saturated carbocycles. The van der Waals surface area contributed by atoms with Crippen molar-refractivity contribution in [3.63, 3.8) is 0 Å². The normalized spacial score (nSPS) is 13.6. The average Bonchev–Trinajstić information content (AvgIpc) is 2.41. The third-order valence-electron chi connectivity index (χ3n) is 3.62. The molecule has 1 atom stereocenters. The number of rotatable bonds is 2. The van der Waals surface area contributed by atoms with Gasteiger partial charge in [-0.25, -0.2) is 0 Å². The van der Waals surface area contributed by atoms with Crippen molar-refractivity contribution in [2.45, 2.75) is 26.4 Å². The number of benzene rings is 2. The maximum atomic E-state index is 10.8. The zero-order valence-corrected chi connectivity index (χ0v) is 11.4. The summed E-state index contributed by atoms with van der Waals surface area (Å²) in [6, 6.07) is 15.1. The molecule has 1 N–H and O–H groups in total. The molecule has 2 aromatic carbocycles. The fourth-order valence-corrected chi connectivity index (χ4v) is 2.10. The monoisotopic (exact) mass is 251 g/mol. The molecule has 0 radical (unpaired) electrons. The van der Waals surface area contributed by atoms with Crippen LogP contribution in [0.25, 0.3) is 0 Å². The predicted octanol–water partition coefficient (Wildman–Crippen LogP) is 3.43. The molecule has 0 amide bonds. The highest BCUT2D eigenvalue weighted by Crippen LogP contribution is 2.30. The maximum Gasteiger partial charge on any atom is 0.112 e. The fraction of sp³-hybridized carbons (Fsp3) is 0.235. The van der Waals surface area contributed by atoms with E-state index < -0.39 is 5.60 Å². The van der Waals surface area contributed by atoms with Gasteiger partial charge in [-0.05, 0) is 55.2 Å². The molecule has 0 aliphatic rings. The van der Waals surface area contributed by atoms with E-state index in [2.05, 4.69) is 6.07 Å². The summed E-state index contributed by atoms with van der Waals surface area (Å²) >= 11 is 0. The van der Waals surface area contributed by atoms with Crippen molar-refractivity contribution < 1.29 is 5.11 Å². The van der Waals surface area contributed by atoms with Crippen LogP contribution in [0.1, 0.15) is 34.7 Å². The summed E-state index contributed by atoms with van der Waals surface area (Å²) in [6.45, 7) is 5.83. The van der Waals surface area contributed by atoms with Crippen molar-refractivity contribution in [3.8, 4) is 6.07 Å². The van der Waals surface area contributed by atoms with E-state index in [1.54, 1.807) is 25.1 Å². The molecule has 2 heteroatoms. The highest BCUT2D eigenvalue weighted by molar-refractivity contribution is 5.42. The van der Waals surface area contributed by atoms with Gasteiger partial charge in [-0.2, -0.15) is 5.26 Å². The quantitative estimate of drug-likeness (QED) is 0.888. The summed E-state index contributed by atoms with van der Waals surface area (Å²) in [5.41, 5.74) is 3.38. The second-order valence-corrected chi connectivity index (χ2v) is 5.06. The summed E-state index contributed by atoms with van der Waals surface area (Å²) in [5.74, 6) is 0. The number of aryl methyl sites for hydroxylation is 2. The van der Waals surface area contributed by atoms with Gasteiger partial charge in [0.15, 0.2) is 0 Å². The minimum atomic E-state index is -1.09. The zero-order valence-electron chi connectivity index (χ0n) is 11.4. The lowest BCUT2D eigenvalue weighted by molar-refractivity contribution is 0.102.